The van der Waals surface area contributed by atoms with Crippen molar-refractivity contribution in [2.75, 3.05) is 0 Å². The molecule has 3 heteroatoms. The summed E-state index contributed by atoms with van der Waals surface area (Å²) in [4.78, 5) is 19.8. The van der Waals surface area contributed by atoms with Crippen molar-refractivity contribution < 1.29 is 4.79 Å². The second kappa shape index (κ2) is 6.67. The molecular formula is C22H22N2O. The Kier molecular flexibility index (Phi) is 4.22. The number of hydrogen-bond acceptors (Lipinski definition) is 2. The summed E-state index contributed by atoms with van der Waals surface area (Å²) in [6.07, 6.45) is 2.43. The zero-order chi connectivity index (χ0) is 17.2. The molecule has 3 nitrogen and oxygen atoms in total. The number of fused-ring (bicyclic) bond motifs is 1. The van der Waals surface area contributed by atoms with E-state index in [1.54, 1.807) is 0 Å². The highest BCUT2D eigenvalue weighted by Crippen LogP contribution is 2.36. The molecule has 1 saturated carbocycles. The SMILES string of the molecule is CC(C1CC1)N(Cc1ccccc1)C(=O)c1ccc2ccccc2n1. The van der Waals surface area contributed by atoms with Crippen molar-refractivity contribution in [3.05, 3.63) is 78.0 Å². The average Bonchev–Trinajstić information content (AvgIpc) is 3.51. The molecule has 3 aromatic rings. The predicted octanol–water partition coefficient (Wildman–Crippen LogP) is 4.68. The number of nitrogens with zero attached hydrogens (tertiary/aromatic N) is 2. The van der Waals surface area contributed by atoms with Crippen LogP contribution in [0.4, 0.5) is 0 Å². The summed E-state index contributed by atoms with van der Waals surface area (Å²) in [6, 6.07) is 22.2. The minimum Gasteiger partial charge on any atom is -0.330 e. The second-order valence-corrected chi connectivity index (χ2v) is 6.89. The van der Waals surface area contributed by atoms with E-state index < -0.39 is 0 Å². The van der Waals surface area contributed by atoms with Gasteiger partial charge in [0.15, 0.2) is 0 Å². The number of carbonyl (C=O) groups is 1. The predicted molar refractivity (Wildman–Crippen MR) is 100 cm³/mol. The van der Waals surface area contributed by atoms with E-state index in [4.69, 9.17) is 0 Å². The Morgan fingerprint density at radius 2 is 1.76 bits per heavy atom. The van der Waals surface area contributed by atoms with Gasteiger partial charge in [-0.25, -0.2) is 4.98 Å². The molecule has 1 unspecified atom stereocenters. The van der Waals surface area contributed by atoms with Gasteiger partial charge in [0.2, 0.25) is 0 Å². The fraction of sp³-hybridized carbons (Fsp3) is 0.273. The molecule has 0 bridgehead atoms. The van der Waals surface area contributed by atoms with Crippen LogP contribution in [0.1, 0.15) is 35.8 Å². The molecule has 25 heavy (non-hydrogen) atoms. The number of hydrogen-bond donors (Lipinski definition) is 0. The number of rotatable bonds is 5. The minimum absolute atomic E-state index is 0.0222. The lowest BCUT2D eigenvalue weighted by Crippen LogP contribution is -2.39. The lowest BCUT2D eigenvalue weighted by molar-refractivity contribution is 0.0648. The summed E-state index contributed by atoms with van der Waals surface area (Å²) in [6.45, 7) is 2.80. The molecule has 0 aliphatic heterocycles. The van der Waals surface area contributed by atoms with Crippen LogP contribution in [0, 0.1) is 5.92 Å². The summed E-state index contributed by atoms with van der Waals surface area (Å²) in [5.41, 5.74) is 2.55. The fourth-order valence-corrected chi connectivity index (χ4v) is 3.35. The van der Waals surface area contributed by atoms with E-state index in [1.165, 1.54) is 12.8 Å². The Labute approximate surface area is 148 Å². The number of carbonyl (C=O) groups excluding carboxylic acids is 1. The first-order valence-corrected chi connectivity index (χ1v) is 8.93. The molecule has 1 aromatic heterocycles. The average molecular weight is 330 g/mol. The number of para-hydroxylation sites is 1. The van der Waals surface area contributed by atoms with Crippen LogP contribution in [-0.4, -0.2) is 21.8 Å². The van der Waals surface area contributed by atoms with Crippen molar-refractivity contribution in [3.8, 4) is 0 Å². The Bertz CT molecular complexity index is 887. The van der Waals surface area contributed by atoms with Crippen molar-refractivity contribution >= 4 is 16.8 Å². The maximum absolute atomic E-state index is 13.2. The van der Waals surface area contributed by atoms with E-state index in [0.717, 1.165) is 16.5 Å². The van der Waals surface area contributed by atoms with E-state index in [9.17, 15) is 4.79 Å². The van der Waals surface area contributed by atoms with Gasteiger partial charge in [0.05, 0.1) is 5.52 Å². The Morgan fingerprint density at radius 1 is 1.04 bits per heavy atom. The second-order valence-electron chi connectivity index (χ2n) is 6.89. The summed E-state index contributed by atoms with van der Waals surface area (Å²) in [5, 5.41) is 1.06. The first kappa shape index (κ1) is 15.8. The number of amides is 1. The van der Waals surface area contributed by atoms with Crippen molar-refractivity contribution in [1.29, 1.82) is 0 Å². The summed E-state index contributed by atoms with van der Waals surface area (Å²) in [5.74, 6) is 0.641. The Hall–Kier alpha value is -2.68. The largest absolute Gasteiger partial charge is 0.330 e. The van der Waals surface area contributed by atoms with Gasteiger partial charge in [-0.05, 0) is 43.4 Å². The highest BCUT2D eigenvalue weighted by atomic mass is 16.2. The topological polar surface area (TPSA) is 33.2 Å². The van der Waals surface area contributed by atoms with Gasteiger partial charge in [-0.2, -0.15) is 0 Å². The van der Waals surface area contributed by atoms with Gasteiger partial charge < -0.3 is 4.90 Å². The summed E-state index contributed by atoms with van der Waals surface area (Å²) < 4.78 is 0. The van der Waals surface area contributed by atoms with Gasteiger partial charge in [0.25, 0.3) is 5.91 Å². The molecule has 2 aromatic carbocycles. The highest BCUT2D eigenvalue weighted by molar-refractivity contribution is 5.95. The van der Waals surface area contributed by atoms with Crippen LogP contribution in [0.3, 0.4) is 0 Å². The van der Waals surface area contributed by atoms with Gasteiger partial charge in [-0.1, -0.05) is 54.6 Å². The molecule has 1 heterocycles. The van der Waals surface area contributed by atoms with Crippen LogP contribution in [0.5, 0.6) is 0 Å². The van der Waals surface area contributed by atoms with E-state index in [1.807, 2.05) is 59.5 Å². The smallest absolute Gasteiger partial charge is 0.273 e. The van der Waals surface area contributed by atoms with E-state index in [2.05, 4.69) is 24.0 Å². The van der Waals surface area contributed by atoms with Gasteiger partial charge in [0, 0.05) is 18.0 Å². The van der Waals surface area contributed by atoms with Gasteiger partial charge in [-0.15, -0.1) is 0 Å². The summed E-state index contributed by atoms with van der Waals surface area (Å²) in [7, 11) is 0. The van der Waals surface area contributed by atoms with Crippen LogP contribution in [-0.2, 0) is 6.54 Å². The van der Waals surface area contributed by atoms with E-state index in [-0.39, 0.29) is 11.9 Å². The maximum Gasteiger partial charge on any atom is 0.273 e. The monoisotopic (exact) mass is 330 g/mol. The van der Waals surface area contributed by atoms with Crippen molar-refractivity contribution in [2.45, 2.75) is 32.4 Å². The molecule has 1 aliphatic carbocycles. The number of benzene rings is 2. The van der Waals surface area contributed by atoms with Crippen LogP contribution in [0.15, 0.2) is 66.7 Å². The quantitative estimate of drug-likeness (QED) is 0.681. The molecule has 1 aliphatic rings. The molecule has 0 radical (unpaired) electrons. The lowest BCUT2D eigenvalue weighted by atomic mass is 10.1. The minimum atomic E-state index is 0.0222. The Morgan fingerprint density at radius 3 is 2.52 bits per heavy atom. The molecule has 1 atom stereocenters. The molecular weight excluding hydrogens is 308 g/mol. The lowest BCUT2D eigenvalue weighted by Gasteiger charge is -2.29. The van der Waals surface area contributed by atoms with Crippen LogP contribution >= 0.6 is 0 Å². The molecule has 0 N–H and O–H groups in total. The van der Waals surface area contributed by atoms with Crippen LogP contribution in [0.25, 0.3) is 10.9 Å². The van der Waals surface area contributed by atoms with Crippen LogP contribution < -0.4 is 0 Å². The third-order valence-electron chi connectivity index (χ3n) is 5.07. The molecule has 1 amide bonds. The zero-order valence-electron chi connectivity index (χ0n) is 14.4. The van der Waals surface area contributed by atoms with E-state index in [0.29, 0.717) is 18.2 Å². The van der Waals surface area contributed by atoms with Gasteiger partial charge in [-0.3, -0.25) is 4.79 Å². The third kappa shape index (κ3) is 3.41. The first-order chi connectivity index (χ1) is 12.2. The van der Waals surface area contributed by atoms with E-state index >= 15 is 0 Å². The molecule has 0 spiro atoms. The maximum atomic E-state index is 13.2. The molecule has 4 rings (SSSR count). The molecule has 1 fully saturated rings. The normalized spacial score (nSPS) is 15.1. The molecule has 0 saturated heterocycles. The third-order valence-corrected chi connectivity index (χ3v) is 5.07. The Balaban J connectivity index is 1.65. The molecule has 126 valence electrons. The van der Waals surface area contributed by atoms with Crippen molar-refractivity contribution in [2.24, 2.45) is 5.92 Å². The standard InChI is InChI=1S/C22H22N2O/c1-16(18-11-12-18)24(15-17-7-3-2-4-8-17)22(25)21-14-13-19-9-5-6-10-20(19)23-21/h2-10,13-14,16,18H,11-12,15H2,1H3. The van der Waals surface area contributed by atoms with Gasteiger partial charge >= 0.3 is 0 Å². The van der Waals surface area contributed by atoms with Crippen molar-refractivity contribution in [3.63, 3.8) is 0 Å². The van der Waals surface area contributed by atoms with Crippen molar-refractivity contribution in [1.82, 2.24) is 9.88 Å². The highest BCUT2D eigenvalue weighted by Gasteiger charge is 2.35. The number of aromatic nitrogens is 1. The zero-order valence-corrected chi connectivity index (χ0v) is 14.4. The fourth-order valence-electron chi connectivity index (χ4n) is 3.35. The number of pyridine rings is 1. The first-order valence-electron chi connectivity index (χ1n) is 8.93. The van der Waals surface area contributed by atoms with Gasteiger partial charge in [0.1, 0.15) is 5.69 Å². The van der Waals surface area contributed by atoms with Crippen LogP contribution in [0.2, 0.25) is 0 Å². The summed E-state index contributed by atoms with van der Waals surface area (Å²) >= 11 is 0.